The Labute approximate surface area is 102 Å². The van der Waals surface area contributed by atoms with Gasteiger partial charge in [-0.2, -0.15) is 0 Å². The molecule has 0 heterocycles. The maximum Gasteiger partial charge on any atom is 0.314 e. The highest BCUT2D eigenvalue weighted by molar-refractivity contribution is 5.78. The van der Waals surface area contributed by atoms with Crippen LogP contribution in [0.25, 0.3) is 0 Å². The first kappa shape index (κ1) is 12.0. The molecule has 3 nitrogen and oxygen atoms in total. The number of methoxy groups -OCH3 is 1. The molecule has 1 saturated carbocycles. The zero-order chi connectivity index (χ0) is 12.4. The van der Waals surface area contributed by atoms with Crippen LogP contribution < -0.4 is 9.47 Å². The number of esters is 1. The van der Waals surface area contributed by atoms with Crippen LogP contribution in [0.3, 0.4) is 0 Å². The van der Waals surface area contributed by atoms with E-state index in [1.807, 2.05) is 18.2 Å². The predicted octanol–water partition coefficient (Wildman–Crippen LogP) is 3.13. The van der Waals surface area contributed by atoms with E-state index >= 15 is 0 Å². The first-order chi connectivity index (χ1) is 8.13. The van der Waals surface area contributed by atoms with Crippen LogP contribution in [0.1, 0.15) is 38.2 Å². The second-order valence-corrected chi connectivity index (χ2v) is 4.73. The molecule has 0 radical (unpaired) electrons. The van der Waals surface area contributed by atoms with Gasteiger partial charge in [-0.3, -0.25) is 4.79 Å². The third kappa shape index (κ3) is 2.60. The van der Waals surface area contributed by atoms with Crippen LogP contribution in [0.4, 0.5) is 0 Å². The highest BCUT2D eigenvalue weighted by Crippen LogP contribution is 2.38. The molecule has 1 aromatic rings. The third-order valence-electron chi connectivity index (χ3n) is 2.96. The Morgan fingerprint density at radius 2 is 2.06 bits per heavy atom. The van der Waals surface area contributed by atoms with Gasteiger partial charge in [-0.15, -0.1) is 0 Å². The van der Waals surface area contributed by atoms with Crippen molar-refractivity contribution in [2.24, 2.45) is 5.92 Å². The van der Waals surface area contributed by atoms with Crippen LogP contribution in [-0.4, -0.2) is 13.1 Å². The van der Waals surface area contributed by atoms with Gasteiger partial charge in [0.15, 0.2) is 11.5 Å². The van der Waals surface area contributed by atoms with Gasteiger partial charge in [0.05, 0.1) is 13.0 Å². The smallest absolute Gasteiger partial charge is 0.314 e. The van der Waals surface area contributed by atoms with E-state index in [-0.39, 0.29) is 11.9 Å². The zero-order valence-electron chi connectivity index (χ0n) is 10.5. The van der Waals surface area contributed by atoms with Crippen molar-refractivity contribution >= 4 is 5.97 Å². The van der Waals surface area contributed by atoms with Gasteiger partial charge in [-0.1, -0.05) is 26.0 Å². The van der Waals surface area contributed by atoms with Gasteiger partial charge in [0.25, 0.3) is 0 Å². The summed E-state index contributed by atoms with van der Waals surface area (Å²) in [5, 5.41) is 0. The Hall–Kier alpha value is -1.51. The lowest BCUT2D eigenvalue weighted by Gasteiger charge is -2.15. The Morgan fingerprint density at radius 3 is 2.59 bits per heavy atom. The second-order valence-electron chi connectivity index (χ2n) is 4.73. The summed E-state index contributed by atoms with van der Waals surface area (Å²) in [6.07, 6.45) is 1.90. The molecule has 2 rings (SSSR count). The quantitative estimate of drug-likeness (QED) is 0.593. The molecule has 1 fully saturated rings. The van der Waals surface area contributed by atoms with Crippen LogP contribution in [0.5, 0.6) is 11.5 Å². The van der Waals surface area contributed by atoms with Crippen molar-refractivity contribution in [3.05, 3.63) is 23.8 Å². The summed E-state index contributed by atoms with van der Waals surface area (Å²) in [5.74, 6) is 1.48. The molecule has 0 atom stereocenters. The first-order valence-corrected chi connectivity index (χ1v) is 6.02. The normalized spacial score (nSPS) is 14.8. The summed E-state index contributed by atoms with van der Waals surface area (Å²) in [6, 6.07) is 5.71. The highest BCUT2D eigenvalue weighted by atomic mass is 16.6. The fraction of sp³-hybridized carbons (Fsp3) is 0.500. The third-order valence-corrected chi connectivity index (χ3v) is 2.96. The number of benzene rings is 1. The maximum absolute atomic E-state index is 11.7. The van der Waals surface area contributed by atoms with Crippen molar-refractivity contribution in [3.8, 4) is 11.5 Å². The van der Waals surface area contributed by atoms with E-state index in [9.17, 15) is 4.79 Å². The average Bonchev–Trinajstić information content (AvgIpc) is 3.12. The minimum absolute atomic E-state index is 0.0972. The molecule has 0 spiro atoms. The van der Waals surface area contributed by atoms with E-state index in [0.29, 0.717) is 17.4 Å². The predicted molar refractivity (Wildman–Crippen MR) is 65.4 cm³/mol. The molecule has 1 aliphatic carbocycles. The van der Waals surface area contributed by atoms with Gasteiger partial charge >= 0.3 is 5.97 Å². The number of hydrogen-bond acceptors (Lipinski definition) is 3. The van der Waals surface area contributed by atoms with Crippen molar-refractivity contribution in [1.82, 2.24) is 0 Å². The molecular weight excluding hydrogens is 216 g/mol. The molecule has 0 amide bonds. The minimum Gasteiger partial charge on any atom is -0.493 e. The molecular formula is C14H18O3. The summed E-state index contributed by atoms with van der Waals surface area (Å²) in [7, 11) is 1.59. The van der Waals surface area contributed by atoms with E-state index in [1.165, 1.54) is 0 Å². The van der Waals surface area contributed by atoms with E-state index in [0.717, 1.165) is 18.4 Å². The molecule has 0 bridgehead atoms. The topological polar surface area (TPSA) is 35.5 Å². The van der Waals surface area contributed by atoms with Crippen LogP contribution in [0.15, 0.2) is 18.2 Å². The van der Waals surface area contributed by atoms with Crippen molar-refractivity contribution in [1.29, 1.82) is 0 Å². The lowest BCUT2D eigenvalue weighted by molar-refractivity contribution is -0.135. The van der Waals surface area contributed by atoms with Gasteiger partial charge in [-0.05, 0) is 24.8 Å². The van der Waals surface area contributed by atoms with Crippen molar-refractivity contribution in [2.45, 2.75) is 32.6 Å². The Kier molecular flexibility index (Phi) is 3.36. The van der Waals surface area contributed by atoms with E-state index in [2.05, 4.69) is 13.8 Å². The molecule has 0 aromatic heterocycles. The summed E-state index contributed by atoms with van der Waals surface area (Å²) < 4.78 is 10.7. The molecule has 1 aliphatic rings. The lowest BCUT2D eigenvalue weighted by atomic mass is 10.0. The highest BCUT2D eigenvalue weighted by Gasteiger charge is 2.32. The summed E-state index contributed by atoms with van der Waals surface area (Å²) in [6.45, 7) is 4.15. The van der Waals surface area contributed by atoms with Crippen LogP contribution >= 0.6 is 0 Å². The van der Waals surface area contributed by atoms with Gasteiger partial charge in [0.2, 0.25) is 0 Å². The van der Waals surface area contributed by atoms with Crippen LogP contribution in [0.2, 0.25) is 0 Å². The Morgan fingerprint density at radius 1 is 1.35 bits per heavy atom. The van der Waals surface area contributed by atoms with Gasteiger partial charge in [0, 0.05) is 5.56 Å². The summed E-state index contributed by atoms with van der Waals surface area (Å²) in [4.78, 5) is 11.7. The van der Waals surface area contributed by atoms with Crippen LogP contribution in [0, 0.1) is 5.92 Å². The second kappa shape index (κ2) is 4.78. The summed E-state index contributed by atoms with van der Waals surface area (Å²) in [5.41, 5.74) is 1.01. The molecule has 0 aliphatic heterocycles. The standard InChI is InChI=1S/C14H18O3/c1-9(2)11-5-4-6-12(16-3)13(11)17-14(15)10-7-8-10/h4-6,9-10H,7-8H2,1-3H3. The maximum atomic E-state index is 11.7. The van der Waals surface area contributed by atoms with E-state index < -0.39 is 0 Å². The van der Waals surface area contributed by atoms with Crippen molar-refractivity contribution in [2.75, 3.05) is 7.11 Å². The number of ether oxygens (including phenoxy) is 2. The van der Waals surface area contributed by atoms with E-state index in [4.69, 9.17) is 9.47 Å². The molecule has 17 heavy (non-hydrogen) atoms. The van der Waals surface area contributed by atoms with Gasteiger partial charge in [-0.25, -0.2) is 0 Å². The number of carbonyl (C=O) groups excluding carboxylic acids is 1. The Bertz CT molecular complexity index is 419. The van der Waals surface area contributed by atoms with E-state index in [1.54, 1.807) is 7.11 Å². The monoisotopic (exact) mass is 234 g/mol. The van der Waals surface area contributed by atoms with Gasteiger partial charge in [0.1, 0.15) is 0 Å². The fourth-order valence-electron chi connectivity index (χ4n) is 1.76. The summed E-state index contributed by atoms with van der Waals surface area (Å²) >= 11 is 0. The number of para-hydroxylation sites is 1. The number of rotatable bonds is 4. The molecule has 0 N–H and O–H groups in total. The van der Waals surface area contributed by atoms with Crippen molar-refractivity contribution < 1.29 is 14.3 Å². The van der Waals surface area contributed by atoms with Crippen molar-refractivity contribution in [3.63, 3.8) is 0 Å². The van der Waals surface area contributed by atoms with Gasteiger partial charge < -0.3 is 9.47 Å². The molecule has 0 saturated heterocycles. The zero-order valence-corrected chi connectivity index (χ0v) is 10.5. The average molecular weight is 234 g/mol. The molecule has 1 aromatic carbocycles. The number of carbonyl (C=O) groups is 1. The first-order valence-electron chi connectivity index (χ1n) is 6.02. The molecule has 3 heteroatoms. The Balaban J connectivity index is 2.30. The van der Waals surface area contributed by atoms with Crippen LogP contribution in [-0.2, 0) is 4.79 Å². The fourth-order valence-corrected chi connectivity index (χ4v) is 1.76. The molecule has 92 valence electrons. The molecule has 0 unspecified atom stereocenters. The largest absolute Gasteiger partial charge is 0.493 e. The lowest BCUT2D eigenvalue weighted by Crippen LogP contribution is -2.12. The SMILES string of the molecule is COc1cccc(C(C)C)c1OC(=O)C1CC1. The number of hydrogen-bond donors (Lipinski definition) is 0. The minimum atomic E-state index is -0.128.